The molecule has 1 aromatic rings. The van der Waals surface area contributed by atoms with Crippen LogP contribution >= 0.6 is 11.6 Å². The third-order valence-corrected chi connectivity index (χ3v) is 6.39. The van der Waals surface area contributed by atoms with Gasteiger partial charge >= 0.3 is 0 Å². The number of aliphatic hydroxyl groups excluding tert-OH is 1. The molecule has 1 heterocycles. The van der Waals surface area contributed by atoms with Gasteiger partial charge in [-0.3, -0.25) is 4.79 Å². The van der Waals surface area contributed by atoms with E-state index in [4.69, 9.17) is 11.6 Å². The van der Waals surface area contributed by atoms with Crippen molar-refractivity contribution < 1.29 is 18.3 Å². The van der Waals surface area contributed by atoms with Gasteiger partial charge in [0.15, 0.2) is 0 Å². The molecule has 0 spiro atoms. The summed E-state index contributed by atoms with van der Waals surface area (Å²) < 4.78 is 25.1. The monoisotopic (exact) mass is 360 g/mol. The highest BCUT2D eigenvalue weighted by molar-refractivity contribution is 7.89. The van der Waals surface area contributed by atoms with Gasteiger partial charge in [-0.25, -0.2) is 12.7 Å². The molecule has 1 aliphatic heterocycles. The number of sulfonamides is 1. The zero-order valence-corrected chi connectivity index (χ0v) is 14.9. The minimum Gasteiger partial charge on any atom is -0.391 e. The van der Waals surface area contributed by atoms with Crippen molar-refractivity contribution in [3.05, 3.63) is 34.3 Å². The zero-order valence-electron chi connectivity index (χ0n) is 13.4. The minimum absolute atomic E-state index is 0.108. The molecule has 0 radical (unpaired) electrons. The van der Waals surface area contributed by atoms with Gasteiger partial charge in [0, 0.05) is 33.1 Å². The maximum Gasteiger partial charge on any atom is 0.255 e. The molecule has 1 aromatic carbocycles. The molecule has 0 saturated carbocycles. The standard InChI is InChI=1S/C15H21ClN2O4S/c1-10-5-4-6-12(16)14(10)15(20)18-7-11(13(19)8-18)9-23(21,22)17(2)3/h4-6,11,13,19H,7-9H2,1-3H3/t11-,13+/m0/s1. The smallest absolute Gasteiger partial charge is 0.255 e. The summed E-state index contributed by atoms with van der Waals surface area (Å²) in [5.41, 5.74) is 1.15. The van der Waals surface area contributed by atoms with Crippen molar-refractivity contribution >= 4 is 27.5 Å². The van der Waals surface area contributed by atoms with Crippen molar-refractivity contribution in [3.8, 4) is 0 Å². The van der Waals surface area contributed by atoms with Crippen LogP contribution in [0.25, 0.3) is 0 Å². The SMILES string of the molecule is Cc1cccc(Cl)c1C(=O)N1C[C@@H](CS(=O)(=O)N(C)C)[C@H](O)C1. The Labute approximate surface area is 141 Å². The van der Waals surface area contributed by atoms with E-state index in [9.17, 15) is 18.3 Å². The van der Waals surface area contributed by atoms with Crippen LogP contribution in [0, 0.1) is 12.8 Å². The van der Waals surface area contributed by atoms with E-state index in [1.54, 1.807) is 25.1 Å². The summed E-state index contributed by atoms with van der Waals surface area (Å²) in [4.78, 5) is 14.1. The topological polar surface area (TPSA) is 77.9 Å². The average molecular weight is 361 g/mol. The van der Waals surface area contributed by atoms with E-state index >= 15 is 0 Å². The second-order valence-electron chi connectivity index (χ2n) is 6.03. The molecular formula is C15H21ClN2O4S. The number of hydrogen-bond donors (Lipinski definition) is 1. The third kappa shape index (κ3) is 3.85. The highest BCUT2D eigenvalue weighted by atomic mass is 35.5. The van der Waals surface area contributed by atoms with Gasteiger partial charge in [0.05, 0.1) is 22.4 Å². The summed E-state index contributed by atoms with van der Waals surface area (Å²) in [6.07, 6.45) is -0.864. The molecule has 6 nitrogen and oxygen atoms in total. The first-order chi connectivity index (χ1) is 10.6. The fraction of sp³-hybridized carbons (Fsp3) is 0.533. The third-order valence-electron chi connectivity index (χ3n) is 4.11. The Morgan fingerprint density at radius 2 is 2.04 bits per heavy atom. The molecule has 2 rings (SSSR count). The van der Waals surface area contributed by atoms with Crippen LogP contribution in [0.5, 0.6) is 0 Å². The molecule has 1 amide bonds. The molecule has 1 saturated heterocycles. The maximum absolute atomic E-state index is 12.6. The number of β-amino-alcohol motifs (C(OH)–C–C–N with tert-alkyl or cyclic N) is 1. The first-order valence-electron chi connectivity index (χ1n) is 7.26. The predicted octanol–water partition coefficient (Wildman–Crippen LogP) is 0.973. The fourth-order valence-electron chi connectivity index (χ4n) is 2.66. The summed E-state index contributed by atoms with van der Waals surface area (Å²) in [6.45, 7) is 2.09. The van der Waals surface area contributed by atoms with Gasteiger partial charge in [-0.05, 0) is 18.6 Å². The van der Waals surface area contributed by atoms with Crippen LogP contribution in [-0.2, 0) is 10.0 Å². The molecule has 1 aliphatic rings. The second kappa shape index (κ2) is 6.76. The number of amides is 1. The van der Waals surface area contributed by atoms with Crippen LogP contribution in [0.15, 0.2) is 18.2 Å². The quantitative estimate of drug-likeness (QED) is 0.868. The molecule has 1 fully saturated rings. The van der Waals surface area contributed by atoms with Gasteiger partial charge in [0.2, 0.25) is 10.0 Å². The molecule has 2 atom stereocenters. The number of hydrogen-bond acceptors (Lipinski definition) is 4. The van der Waals surface area contributed by atoms with E-state index < -0.39 is 22.0 Å². The predicted molar refractivity (Wildman–Crippen MR) is 89.1 cm³/mol. The lowest BCUT2D eigenvalue weighted by Gasteiger charge is -2.19. The van der Waals surface area contributed by atoms with E-state index in [2.05, 4.69) is 0 Å². The van der Waals surface area contributed by atoms with Crippen LogP contribution < -0.4 is 0 Å². The van der Waals surface area contributed by atoms with Crippen LogP contribution in [0.1, 0.15) is 15.9 Å². The van der Waals surface area contributed by atoms with E-state index in [1.165, 1.54) is 19.0 Å². The molecule has 0 bridgehead atoms. The molecule has 1 N–H and O–H groups in total. The van der Waals surface area contributed by atoms with E-state index in [1.807, 2.05) is 0 Å². The number of carbonyl (C=O) groups excluding carboxylic acids is 1. The van der Waals surface area contributed by atoms with Crippen LogP contribution in [0.3, 0.4) is 0 Å². The normalized spacial score (nSPS) is 21.9. The van der Waals surface area contributed by atoms with E-state index in [0.717, 1.165) is 9.87 Å². The Morgan fingerprint density at radius 1 is 1.39 bits per heavy atom. The van der Waals surface area contributed by atoms with Gasteiger partial charge < -0.3 is 10.0 Å². The Balaban J connectivity index is 2.17. The molecule has 23 heavy (non-hydrogen) atoms. The maximum atomic E-state index is 12.6. The van der Waals surface area contributed by atoms with Gasteiger partial charge in [-0.2, -0.15) is 0 Å². The minimum atomic E-state index is -3.44. The largest absolute Gasteiger partial charge is 0.391 e. The number of nitrogens with zero attached hydrogens (tertiary/aromatic N) is 2. The van der Waals surface area contributed by atoms with Crippen molar-refractivity contribution in [1.29, 1.82) is 0 Å². The molecule has 128 valence electrons. The highest BCUT2D eigenvalue weighted by Crippen LogP contribution is 2.26. The Kier molecular flexibility index (Phi) is 5.35. The molecule has 0 aliphatic carbocycles. The number of halogens is 1. The van der Waals surface area contributed by atoms with Crippen molar-refractivity contribution in [2.75, 3.05) is 32.9 Å². The second-order valence-corrected chi connectivity index (χ2v) is 8.66. The van der Waals surface area contributed by atoms with Gasteiger partial charge in [0.1, 0.15) is 0 Å². The first-order valence-corrected chi connectivity index (χ1v) is 9.25. The average Bonchev–Trinajstić information content (AvgIpc) is 2.79. The van der Waals surface area contributed by atoms with Gasteiger partial charge in [-0.15, -0.1) is 0 Å². The van der Waals surface area contributed by atoms with Gasteiger partial charge in [-0.1, -0.05) is 23.7 Å². The number of carbonyl (C=O) groups is 1. The zero-order chi connectivity index (χ0) is 17.4. The Bertz CT molecular complexity index is 685. The number of likely N-dealkylation sites (tertiary alicyclic amines) is 1. The Morgan fingerprint density at radius 3 is 2.61 bits per heavy atom. The number of aliphatic hydroxyl groups is 1. The van der Waals surface area contributed by atoms with Crippen LogP contribution in [0.2, 0.25) is 5.02 Å². The number of rotatable bonds is 4. The lowest BCUT2D eigenvalue weighted by molar-refractivity contribution is 0.0764. The lowest BCUT2D eigenvalue weighted by atomic mass is 10.1. The molecule has 8 heteroatoms. The summed E-state index contributed by atoms with van der Waals surface area (Å²) in [6, 6.07) is 5.20. The number of benzene rings is 1. The molecule has 0 aromatic heterocycles. The van der Waals surface area contributed by atoms with Crippen LogP contribution in [0.4, 0.5) is 0 Å². The summed E-state index contributed by atoms with van der Waals surface area (Å²) in [5.74, 6) is -0.974. The van der Waals surface area contributed by atoms with Crippen molar-refractivity contribution in [2.45, 2.75) is 13.0 Å². The van der Waals surface area contributed by atoms with E-state index in [-0.39, 0.29) is 24.7 Å². The van der Waals surface area contributed by atoms with Crippen molar-refractivity contribution in [3.63, 3.8) is 0 Å². The summed E-state index contributed by atoms with van der Waals surface area (Å²) in [5, 5.41) is 10.5. The highest BCUT2D eigenvalue weighted by Gasteiger charge is 2.38. The number of aryl methyl sites for hydroxylation is 1. The lowest BCUT2D eigenvalue weighted by Crippen LogP contribution is -2.33. The first kappa shape index (κ1) is 18.2. The van der Waals surface area contributed by atoms with Crippen molar-refractivity contribution in [2.24, 2.45) is 5.92 Å². The van der Waals surface area contributed by atoms with Gasteiger partial charge in [0.25, 0.3) is 5.91 Å². The Hall–Kier alpha value is -1.15. The molecule has 0 unspecified atom stereocenters. The fourth-order valence-corrected chi connectivity index (χ4v) is 4.13. The van der Waals surface area contributed by atoms with E-state index in [0.29, 0.717) is 10.6 Å². The summed E-state index contributed by atoms with van der Waals surface area (Å²) in [7, 11) is -0.533. The summed E-state index contributed by atoms with van der Waals surface area (Å²) >= 11 is 6.11. The molecular weight excluding hydrogens is 340 g/mol. The van der Waals surface area contributed by atoms with Crippen LogP contribution in [-0.4, -0.2) is 67.7 Å². The van der Waals surface area contributed by atoms with Crippen molar-refractivity contribution in [1.82, 2.24) is 9.21 Å².